The first-order chi connectivity index (χ1) is 22.7. The largest absolute Gasteiger partial charge is 0.458 e. The molecule has 0 heterocycles. The highest BCUT2D eigenvalue weighted by Gasteiger charge is 2.44. The van der Waals surface area contributed by atoms with Crippen molar-refractivity contribution in [1.29, 1.82) is 0 Å². The highest BCUT2D eigenvalue weighted by molar-refractivity contribution is 7.82. The zero-order valence-electron chi connectivity index (χ0n) is 28.2. The molecular weight excluding hydrogens is 646 g/mol. The van der Waals surface area contributed by atoms with Crippen molar-refractivity contribution in [3.05, 3.63) is 110 Å². The molecule has 2 aromatic carbocycles. The molecule has 0 radical (unpaired) electrons. The van der Waals surface area contributed by atoms with Crippen molar-refractivity contribution >= 4 is 32.3 Å². The van der Waals surface area contributed by atoms with Crippen LogP contribution in [0, 0.1) is 0 Å². The topological polar surface area (TPSA) is 128 Å². The number of hydrogen-bond donors (Lipinski definition) is 2. The van der Waals surface area contributed by atoms with Gasteiger partial charge >= 0.3 is 12.1 Å². The number of allylic oxidation sites excluding steroid dienone is 4. The van der Waals surface area contributed by atoms with E-state index in [1.165, 1.54) is 24.3 Å². The number of benzene rings is 2. The van der Waals surface area contributed by atoms with E-state index < -0.39 is 49.4 Å². The summed E-state index contributed by atoms with van der Waals surface area (Å²) >= 11 is 0. The van der Waals surface area contributed by atoms with Crippen LogP contribution < -0.4 is 10.6 Å². The van der Waals surface area contributed by atoms with E-state index >= 15 is 0 Å². The SMILES string of the molecule is C=CCP(=O)(CC=C)C(NC(=O)CC[C@H](NC(=O)OCC1c2ccccc2-c2ccccc21)C(=O)OC(C)(C)C)P(=O)(CC=C)CC=C. The monoisotopic (exact) mass is 694 g/mol. The van der Waals surface area contributed by atoms with E-state index in [-0.39, 0.29) is 50.0 Å². The second kappa shape index (κ2) is 16.9. The van der Waals surface area contributed by atoms with Crippen LogP contribution in [0.1, 0.15) is 50.7 Å². The highest BCUT2D eigenvalue weighted by atomic mass is 31.2. The van der Waals surface area contributed by atoms with Crippen LogP contribution >= 0.6 is 14.3 Å². The number of carbonyl (C=O) groups excluding carboxylic acids is 3. The van der Waals surface area contributed by atoms with Gasteiger partial charge in [-0.05, 0) is 49.4 Å². The molecule has 2 amide bonds. The van der Waals surface area contributed by atoms with Crippen LogP contribution in [0.4, 0.5) is 4.79 Å². The van der Waals surface area contributed by atoms with Gasteiger partial charge in [0.1, 0.15) is 38.1 Å². The summed E-state index contributed by atoms with van der Waals surface area (Å²) in [7, 11) is -6.71. The Hall–Kier alpha value is -3.93. The first-order valence-electron chi connectivity index (χ1n) is 15.9. The summed E-state index contributed by atoms with van der Waals surface area (Å²) in [6.07, 6.45) is 4.79. The molecule has 0 unspecified atom stereocenters. The molecule has 0 saturated carbocycles. The van der Waals surface area contributed by atoms with Crippen LogP contribution in [0.5, 0.6) is 0 Å². The first kappa shape index (κ1) is 38.5. The average molecular weight is 695 g/mol. The molecule has 48 heavy (non-hydrogen) atoms. The van der Waals surface area contributed by atoms with Gasteiger partial charge in [-0.15, -0.1) is 26.3 Å². The van der Waals surface area contributed by atoms with Crippen LogP contribution in [0.15, 0.2) is 99.2 Å². The second-order valence-corrected chi connectivity index (χ2v) is 19.5. The molecule has 0 saturated heterocycles. The molecule has 3 rings (SSSR count). The number of alkyl carbamates (subject to hydrolysis) is 1. The number of rotatable bonds is 18. The minimum absolute atomic E-state index is 0.0338. The lowest BCUT2D eigenvalue weighted by molar-refractivity contribution is -0.157. The lowest BCUT2D eigenvalue weighted by Gasteiger charge is -2.33. The molecule has 0 spiro atoms. The maximum absolute atomic E-state index is 14.2. The van der Waals surface area contributed by atoms with E-state index in [0.29, 0.717) is 0 Å². The molecule has 9 nitrogen and oxygen atoms in total. The van der Waals surface area contributed by atoms with Crippen LogP contribution in [0.3, 0.4) is 0 Å². The third-order valence-corrected chi connectivity index (χ3v) is 16.0. The Kier molecular flexibility index (Phi) is 13.6. The molecule has 1 atom stereocenters. The molecule has 0 fully saturated rings. The highest BCUT2D eigenvalue weighted by Crippen LogP contribution is 2.67. The Balaban J connectivity index is 1.78. The number of amides is 2. The van der Waals surface area contributed by atoms with Crippen molar-refractivity contribution in [2.24, 2.45) is 0 Å². The van der Waals surface area contributed by atoms with Gasteiger partial charge in [0, 0.05) is 37.0 Å². The van der Waals surface area contributed by atoms with Crippen LogP contribution in [0.2, 0.25) is 0 Å². The quantitative estimate of drug-likeness (QED) is 0.0923. The molecule has 1 aliphatic rings. The number of fused-ring (bicyclic) bond motifs is 3. The smallest absolute Gasteiger partial charge is 0.407 e. The Morgan fingerprint density at radius 1 is 0.792 bits per heavy atom. The fourth-order valence-corrected chi connectivity index (χ4v) is 13.7. The van der Waals surface area contributed by atoms with Crippen LogP contribution in [-0.2, 0) is 28.2 Å². The van der Waals surface area contributed by atoms with Gasteiger partial charge in [0.05, 0.1) is 0 Å². The van der Waals surface area contributed by atoms with Crippen molar-refractivity contribution in [3.63, 3.8) is 0 Å². The summed E-state index contributed by atoms with van der Waals surface area (Å²) in [6.45, 7) is 20.0. The molecule has 0 aliphatic heterocycles. The van der Waals surface area contributed by atoms with E-state index in [9.17, 15) is 23.5 Å². The van der Waals surface area contributed by atoms with E-state index in [1.807, 2.05) is 48.5 Å². The number of esters is 1. The Morgan fingerprint density at radius 2 is 1.25 bits per heavy atom. The average Bonchev–Trinajstić information content (AvgIpc) is 3.34. The predicted octanol–water partition coefficient (Wildman–Crippen LogP) is 7.89. The molecule has 1 aliphatic carbocycles. The van der Waals surface area contributed by atoms with Crippen molar-refractivity contribution in [2.75, 3.05) is 31.3 Å². The van der Waals surface area contributed by atoms with Crippen molar-refractivity contribution < 1.29 is 33.0 Å². The van der Waals surface area contributed by atoms with E-state index in [2.05, 4.69) is 36.9 Å². The third-order valence-electron chi connectivity index (χ3n) is 7.92. The Morgan fingerprint density at radius 3 is 1.69 bits per heavy atom. The first-order valence-corrected chi connectivity index (χ1v) is 20.2. The third kappa shape index (κ3) is 9.81. The summed E-state index contributed by atoms with van der Waals surface area (Å²) in [6, 6.07) is 14.6. The van der Waals surface area contributed by atoms with Crippen LogP contribution in [0.25, 0.3) is 11.1 Å². The van der Waals surface area contributed by atoms with E-state index in [0.717, 1.165) is 22.3 Å². The number of nitrogens with one attached hydrogen (secondary N) is 2. The summed E-state index contributed by atoms with van der Waals surface area (Å²) in [5.74, 6) is -1.52. The lowest BCUT2D eigenvalue weighted by Crippen LogP contribution is -2.45. The number of carbonyl (C=O) groups is 3. The van der Waals surface area contributed by atoms with Gasteiger partial charge in [-0.2, -0.15) is 0 Å². The number of ether oxygens (including phenoxy) is 2. The van der Waals surface area contributed by atoms with Crippen molar-refractivity contribution in [3.8, 4) is 11.1 Å². The van der Waals surface area contributed by atoms with Gasteiger partial charge < -0.3 is 29.2 Å². The van der Waals surface area contributed by atoms with Gasteiger partial charge in [-0.3, -0.25) is 4.79 Å². The fraction of sp³-hybridized carbons (Fsp3) is 0.378. The summed E-state index contributed by atoms with van der Waals surface area (Å²) in [5, 5.41) is 5.35. The summed E-state index contributed by atoms with van der Waals surface area (Å²) < 4.78 is 39.6. The molecule has 0 aromatic heterocycles. The normalized spacial score (nSPS) is 13.4. The van der Waals surface area contributed by atoms with Crippen molar-refractivity contribution in [2.45, 2.75) is 56.7 Å². The van der Waals surface area contributed by atoms with E-state index in [1.54, 1.807) is 20.8 Å². The minimum atomic E-state index is -3.36. The zero-order chi connectivity index (χ0) is 35.5. The second-order valence-electron chi connectivity index (χ2n) is 12.8. The lowest BCUT2D eigenvalue weighted by atomic mass is 9.98. The molecule has 2 N–H and O–H groups in total. The van der Waals surface area contributed by atoms with Gasteiger partial charge in [-0.25, -0.2) is 9.59 Å². The van der Waals surface area contributed by atoms with Gasteiger partial charge in [-0.1, -0.05) is 72.8 Å². The molecule has 0 bridgehead atoms. The van der Waals surface area contributed by atoms with Crippen LogP contribution in [-0.4, -0.2) is 66.4 Å². The summed E-state index contributed by atoms with van der Waals surface area (Å²) in [4.78, 5) is 39.8. The maximum Gasteiger partial charge on any atom is 0.407 e. The van der Waals surface area contributed by atoms with Gasteiger partial charge in [0.15, 0.2) is 0 Å². The Bertz CT molecular complexity index is 1520. The van der Waals surface area contributed by atoms with Gasteiger partial charge in [0.25, 0.3) is 0 Å². The Labute approximate surface area is 284 Å². The van der Waals surface area contributed by atoms with E-state index in [4.69, 9.17) is 9.47 Å². The van der Waals surface area contributed by atoms with Crippen molar-refractivity contribution in [1.82, 2.24) is 10.6 Å². The molecule has 258 valence electrons. The molecular formula is C37H48N2O7P2. The molecule has 11 heteroatoms. The fourth-order valence-electron chi connectivity index (χ4n) is 5.94. The zero-order valence-corrected chi connectivity index (χ0v) is 30.0. The maximum atomic E-state index is 14.2. The molecule has 2 aromatic rings. The number of hydrogen-bond acceptors (Lipinski definition) is 7. The van der Waals surface area contributed by atoms with Gasteiger partial charge in [0.2, 0.25) is 5.91 Å². The summed E-state index contributed by atoms with van der Waals surface area (Å²) in [5.41, 5.74) is 2.19. The standard InChI is InChI=1S/C37H48N2O7P2/c1-8-22-47(43,23-9-2)36(48(44,24-10-3)25-11-4)39-33(40)21-20-32(34(41)46-37(5,6)7)38-35(42)45-26-31-29-18-14-12-16-27(29)28-17-13-15-19-30(28)31/h8-19,31-32,36H,1-4,20-26H2,5-7H3,(H,38,42)(H,39,40)/t32-/m0/s1. The minimum Gasteiger partial charge on any atom is -0.458 e. The predicted molar refractivity (Wildman–Crippen MR) is 194 cm³/mol.